The minimum atomic E-state index is -0.575. The van der Waals surface area contributed by atoms with Gasteiger partial charge in [-0.05, 0) is 29.3 Å². The molecular weight excluding hydrogens is 296 g/mol. The molecule has 2 aromatic rings. The average molecular weight is 303 g/mol. The summed E-state index contributed by atoms with van der Waals surface area (Å²) in [6.07, 6.45) is 0. The second-order valence-electron chi connectivity index (χ2n) is 3.91. The van der Waals surface area contributed by atoms with Gasteiger partial charge < -0.3 is 4.74 Å². The normalized spacial score (nSPS) is 13.4. The van der Waals surface area contributed by atoms with Crippen LogP contribution >= 0.6 is 15.9 Å². The summed E-state index contributed by atoms with van der Waals surface area (Å²) in [7, 11) is 0. The first-order chi connectivity index (χ1) is 8.66. The van der Waals surface area contributed by atoms with Gasteiger partial charge in [-0.3, -0.25) is 0 Å². The van der Waals surface area contributed by atoms with Gasteiger partial charge in [-0.2, -0.15) is 0 Å². The fraction of sp³-hybridized carbons (Fsp3) is 0. The van der Waals surface area contributed by atoms with Crippen LogP contribution in [0.1, 0.15) is 20.7 Å². The molecule has 18 heavy (non-hydrogen) atoms. The number of benzene rings is 2. The molecule has 1 heterocycles. The van der Waals surface area contributed by atoms with Gasteiger partial charge in [0.25, 0.3) is 0 Å². The number of fused-ring (bicyclic) bond motifs is 1. The first kappa shape index (κ1) is 11.2. The topological polar surface area (TPSA) is 43.4 Å². The van der Waals surface area contributed by atoms with Gasteiger partial charge in [-0.15, -0.1) is 0 Å². The van der Waals surface area contributed by atoms with Gasteiger partial charge in [-0.1, -0.05) is 40.2 Å². The van der Waals surface area contributed by atoms with Crippen molar-refractivity contribution in [2.45, 2.75) is 0 Å². The number of esters is 2. The Hall–Kier alpha value is -1.94. The molecule has 3 nitrogen and oxygen atoms in total. The zero-order valence-electron chi connectivity index (χ0n) is 9.14. The Kier molecular flexibility index (Phi) is 2.52. The summed E-state index contributed by atoms with van der Waals surface area (Å²) >= 11 is 3.36. The summed E-state index contributed by atoms with van der Waals surface area (Å²) in [4.78, 5) is 23.1. The molecular formula is C14H7BrO3. The number of carbonyl (C=O) groups is 2. The summed E-state index contributed by atoms with van der Waals surface area (Å²) in [6, 6.07) is 12.7. The maximum Gasteiger partial charge on any atom is 0.347 e. The van der Waals surface area contributed by atoms with E-state index in [0.717, 1.165) is 15.6 Å². The lowest BCUT2D eigenvalue weighted by molar-refractivity contribution is 0.0444. The van der Waals surface area contributed by atoms with Crippen molar-refractivity contribution in [1.82, 2.24) is 0 Å². The minimum absolute atomic E-state index is 0.334. The van der Waals surface area contributed by atoms with E-state index >= 15 is 0 Å². The summed E-state index contributed by atoms with van der Waals surface area (Å²) in [5.41, 5.74) is 2.28. The molecule has 0 aromatic heterocycles. The minimum Gasteiger partial charge on any atom is -0.386 e. The zero-order chi connectivity index (χ0) is 12.7. The van der Waals surface area contributed by atoms with E-state index in [1.807, 2.05) is 30.3 Å². The summed E-state index contributed by atoms with van der Waals surface area (Å²) in [5.74, 6) is -1.15. The van der Waals surface area contributed by atoms with Crippen LogP contribution in [0.2, 0.25) is 0 Å². The van der Waals surface area contributed by atoms with Gasteiger partial charge in [0.2, 0.25) is 0 Å². The Labute approximate surface area is 112 Å². The molecule has 0 spiro atoms. The lowest BCUT2D eigenvalue weighted by atomic mass is 9.97. The third-order valence-electron chi connectivity index (χ3n) is 2.83. The number of carbonyl (C=O) groups excluding carboxylic acids is 2. The SMILES string of the molecule is O=C1OC(=O)c2c1cccc2-c1ccc(Br)cc1. The number of cyclic esters (lactones) is 2. The number of halogens is 1. The van der Waals surface area contributed by atoms with E-state index in [-0.39, 0.29) is 0 Å². The number of hydrogen-bond donors (Lipinski definition) is 0. The first-order valence-electron chi connectivity index (χ1n) is 5.32. The predicted molar refractivity (Wildman–Crippen MR) is 69.3 cm³/mol. The Morgan fingerprint density at radius 1 is 0.833 bits per heavy atom. The quantitative estimate of drug-likeness (QED) is 0.599. The molecule has 2 aromatic carbocycles. The summed E-state index contributed by atoms with van der Waals surface area (Å²) in [5, 5.41) is 0. The standard InChI is InChI=1S/C14H7BrO3/c15-9-6-4-8(5-7-9)10-2-1-3-11-12(10)14(17)18-13(11)16/h1-7H. The van der Waals surface area contributed by atoms with E-state index in [1.165, 1.54) is 0 Å². The molecule has 0 bridgehead atoms. The summed E-state index contributed by atoms with van der Waals surface area (Å²) in [6.45, 7) is 0. The van der Waals surface area contributed by atoms with Crippen LogP contribution in [0.3, 0.4) is 0 Å². The van der Waals surface area contributed by atoms with Crippen LogP contribution in [0.5, 0.6) is 0 Å². The molecule has 0 unspecified atom stereocenters. The maximum absolute atomic E-state index is 11.7. The lowest BCUT2D eigenvalue weighted by Crippen LogP contribution is -1.98. The van der Waals surface area contributed by atoms with Crippen LogP contribution < -0.4 is 0 Å². The summed E-state index contributed by atoms with van der Waals surface area (Å²) < 4.78 is 5.59. The third-order valence-corrected chi connectivity index (χ3v) is 3.36. The molecule has 3 rings (SSSR count). The second kappa shape index (κ2) is 4.07. The molecule has 0 atom stereocenters. The van der Waals surface area contributed by atoms with Crippen molar-refractivity contribution in [1.29, 1.82) is 0 Å². The van der Waals surface area contributed by atoms with E-state index in [4.69, 9.17) is 0 Å². The van der Waals surface area contributed by atoms with Gasteiger partial charge in [0.15, 0.2) is 0 Å². The molecule has 0 fully saturated rings. The Bertz CT molecular complexity index is 659. The van der Waals surface area contributed by atoms with E-state index in [2.05, 4.69) is 20.7 Å². The monoisotopic (exact) mass is 302 g/mol. The molecule has 0 amide bonds. The fourth-order valence-corrected chi connectivity index (χ4v) is 2.27. The Morgan fingerprint density at radius 2 is 1.50 bits per heavy atom. The van der Waals surface area contributed by atoms with Crippen LogP contribution in [0.25, 0.3) is 11.1 Å². The van der Waals surface area contributed by atoms with Crippen molar-refractivity contribution in [3.05, 3.63) is 58.1 Å². The maximum atomic E-state index is 11.7. The number of rotatable bonds is 1. The first-order valence-corrected chi connectivity index (χ1v) is 6.11. The van der Waals surface area contributed by atoms with Crippen LogP contribution in [-0.2, 0) is 4.74 Å². The molecule has 0 saturated carbocycles. The van der Waals surface area contributed by atoms with E-state index in [0.29, 0.717) is 11.1 Å². The van der Waals surface area contributed by atoms with Crippen molar-refractivity contribution in [2.24, 2.45) is 0 Å². The van der Waals surface area contributed by atoms with Crippen molar-refractivity contribution < 1.29 is 14.3 Å². The van der Waals surface area contributed by atoms with E-state index in [9.17, 15) is 9.59 Å². The molecule has 0 N–H and O–H groups in total. The van der Waals surface area contributed by atoms with Crippen LogP contribution in [-0.4, -0.2) is 11.9 Å². The largest absolute Gasteiger partial charge is 0.386 e. The van der Waals surface area contributed by atoms with Crippen LogP contribution in [0.4, 0.5) is 0 Å². The van der Waals surface area contributed by atoms with Gasteiger partial charge in [0.1, 0.15) is 0 Å². The lowest BCUT2D eigenvalue weighted by Gasteiger charge is -2.05. The van der Waals surface area contributed by atoms with Crippen molar-refractivity contribution >= 4 is 27.9 Å². The highest BCUT2D eigenvalue weighted by Crippen LogP contribution is 2.31. The highest BCUT2D eigenvalue weighted by atomic mass is 79.9. The smallest absolute Gasteiger partial charge is 0.347 e. The molecule has 88 valence electrons. The van der Waals surface area contributed by atoms with Gasteiger partial charge >= 0.3 is 11.9 Å². The number of ether oxygens (including phenoxy) is 1. The highest BCUT2D eigenvalue weighted by molar-refractivity contribution is 9.10. The van der Waals surface area contributed by atoms with Crippen molar-refractivity contribution in [3.63, 3.8) is 0 Å². The molecule has 0 saturated heterocycles. The Balaban J connectivity index is 2.23. The van der Waals surface area contributed by atoms with Crippen LogP contribution in [0.15, 0.2) is 46.9 Å². The van der Waals surface area contributed by atoms with Crippen LogP contribution in [0, 0.1) is 0 Å². The Morgan fingerprint density at radius 3 is 2.22 bits per heavy atom. The molecule has 0 aliphatic carbocycles. The highest BCUT2D eigenvalue weighted by Gasteiger charge is 2.32. The average Bonchev–Trinajstić information content (AvgIpc) is 2.66. The molecule has 1 aliphatic heterocycles. The van der Waals surface area contributed by atoms with Gasteiger partial charge in [0.05, 0.1) is 11.1 Å². The van der Waals surface area contributed by atoms with E-state index in [1.54, 1.807) is 12.1 Å². The second-order valence-corrected chi connectivity index (χ2v) is 4.83. The molecule has 4 heteroatoms. The van der Waals surface area contributed by atoms with Crippen molar-refractivity contribution in [2.75, 3.05) is 0 Å². The molecule has 0 radical (unpaired) electrons. The van der Waals surface area contributed by atoms with Gasteiger partial charge in [-0.25, -0.2) is 9.59 Å². The predicted octanol–water partition coefficient (Wildman–Crippen LogP) is 3.43. The van der Waals surface area contributed by atoms with Crippen molar-refractivity contribution in [3.8, 4) is 11.1 Å². The number of hydrogen-bond acceptors (Lipinski definition) is 3. The third kappa shape index (κ3) is 1.66. The zero-order valence-corrected chi connectivity index (χ0v) is 10.7. The molecule has 1 aliphatic rings. The fourth-order valence-electron chi connectivity index (χ4n) is 2.00. The van der Waals surface area contributed by atoms with Gasteiger partial charge in [0, 0.05) is 4.47 Å². The van der Waals surface area contributed by atoms with E-state index < -0.39 is 11.9 Å².